The molecule has 1 unspecified atom stereocenters. The Bertz CT molecular complexity index is 738. The number of hydrogen-bond donors (Lipinski definition) is 2. The third-order valence-electron chi connectivity index (χ3n) is 4.36. The largest absolute Gasteiger partial charge is 0.486 e. The zero-order chi connectivity index (χ0) is 20.4. The molecular formula is C19H30N2O6S. The minimum atomic E-state index is -3.60. The zero-order valence-electron chi connectivity index (χ0n) is 16.5. The van der Waals surface area contributed by atoms with E-state index < -0.39 is 10.0 Å². The Morgan fingerprint density at radius 3 is 2.68 bits per heavy atom. The first-order valence-electron chi connectivity index (χ1n) is 9.60. The number of carbonyl (C=O) groups excluding carboxylic acids is 1. The molecule has 158 valence electrons. The van der Waals surface area contributed by atoms with E-state index in [-0.39, 0.29) is 16.8 Å². The number of nitrogens with one attached hydrogen (secondary N) is 2. The third-order valence-corrected chi connectivity index (χ3v) is 5.82. The van der Waals surface area contributed by atoms with E-state index in [4.69, 9.17) is 14.2 Å². The van der Waals surface area contributed by atoms with Crippen molar-refractivity contribution in [2.24, 2.45) is 0 Å². The number of amides is 1. The number of hydrogen-bond acceptors (Lipinski definition) is 6. The molecule has 0 saturated heterocycles. The molecule has 1 atom stereocenters. The van der Waals surface area contributed by atoms with Crippen molar-refractivity contribution >= 4 is 15.9 Å². The van der Waals surface area contributed by atoms with Crippen LogP contribution >= 0.6 is 0 Å². The fourth-order valence-electron chi connectivity index (χ4n) is 2.78. The molecule has 9 heteroatoms. The van der Waals surface area contributed by atoms with Crippen LogP contribution in [-0.2, 0) is 19.6 Å². The van der Waals surface area contributed by atoms with E-state index in [9.17, 15) is 13.2 Å². The van der Waals surface area contributed by atoms with E-state index in [1.54, 1.807) is 13.2 Å². The second-order valence-electron chi connectivity index (χ2n) is 6.76. The molecule has 0 radical (unpaired) electrons. The maximum Gasteiger partial charge on any atom is 0.240 e. The van der Waals surface area contributed by atoms with Crippen molar-refractivity contribution in [1.82, 2.24) is 10.0 Å². The molecule has 0 fully saturated rings. The van der Waals surface area contributed by atoms with Gasteiger partial charge in [0.05, 0.1) is 4.90 Å². The van der Waals surface area contributed by atoms with E-state index in [1.807, 2.05) is 6.92 Å². The molecule has 0 aromatic heterocycles. The summed E-state index contributed by atoms with van der Waals surface area (Å²) >= 11 is 0. The van der Waals surface area contributed by atoms with Crippen molar-refractivity contribution in [3.8, 4) is 11.5 Å². The lowest BCUT2D eigenvalue weighted by Gasteiger charge is -2.18. The fraction of sp³-hybridized carbons (Fsp3) is 0.632. The van der Waals surface area contributed by atoms with Gasteiger partial charge in [-0.25, -0.2) is 13.1 Å². The van der Waals surface area contributed by atoms with Crippen molar-refractivity contribution in [2.75, 3.05) is 33.5 Å². The maximum atomic E-state index is 12.4. The van der Waals surface area contributed by atoms with E-state index in [2.05, 4.69) is 10.0 Å². The number of sulfonamides is 1. The number of ether oxygens (including phenoxy) is 3. The summed E-state index contributed by atoms with van der Waals surface area (Å²) in [4.78, 5) is 12.0. The van der Waals surface area contributed by atoms with E-state index >= 15 is 0 Å². The summed E-state index contributed by atoms with van der Waals surface area (Å²) in [6.07, 6.45) is 3.37. The highest BCUT2D eigenvalue weighted by Gasteiger charge is 2.18. The van der Waals surface area contributed by atoms with Crippen LogP contribution < -0.4 is 19.5 Å². The zero-order valence-corrected chi connectivity index (χ0v) is 17.3. The van der Waals surface area contributed by atoms with Crippen LogP contribution in [-0.4, -0.2) is 53.8 Å². The van der Waals surface area contributed by atoms with Gasteiger partial charge in [-0.1, -0.05) is 6.42 Å². The molecule has 1 aliphatic heterocycles. The van der Waals surface area contributed by atoms with Gasteiger partial charge in [-0.2, -0.15) is 0 Å². The summed E-state index contributed by atoms with van der Waals surface area (Å²) < 4.78 is 43.2. The third kappa shape index (κ3) is 7.29. The van der Waals surface area contributed by atoms with Crippen LogP contribution in [0.1, 0.15) is 39.0 Å². The van der Waals surface area contributed by atoms with Crippen LogP contribution in [0.4, 0.5) is 0 Å². The maximum absolute atomic E-state index is 12.4. The Labute approximate surface area is 167 Å². The van der Waals surface area contributed by atoms with Gasteiger partial charge in [0.2, 0.25) is 15.9 Å². The van der Waals surface area contributed by atoms with Crippen molar-refractivity contribution < 1.29 is 27.4 Å². The Hall–Kier alpha value is -1.84. The second-order valence-corrected chi connectivity index (χ2v) is 8.53. The lowest BCUT2D eigenvalue weighted by Crippen LogP contribution is -2.33. The number of unbranched alkanes of at least 4 members (excludes halogenated alkanes) is 2. The smallest absolute Gasteiger partial charge is 0.240 e. The number of carbonyl (C=O) groups is 1. The highest BCUT2D eigenvalue weighted by molar-refractivity contribution is 7.89. The minimum Gasteiger partial charge on any atom is -0.486 e. The summed E-state index contributed by atoms with van der Waals surface area (Å²) in [7, 11) is -1.96. The lowest BCUT2D eigenvalue weighted by molar-refractivity contribution is -0.121. The van der Waals surface area contributed by atoms with Gasteiger partial charge < -0.3 is 19.5 Å². The van der Waals surface area contributed by atoms with E-state index in [1.165, 1.54) is 12.1 Å². The summed E-state index contributed by atoms with van der Waals surface area (Å²) in [5.41, 5.74) is 0. The molecule has 1 aromatic rings. The van der Waals surface area contributed by atoms with Crippen molar-refractivity contribution in [3.05, 3.63) is 18.2 Å². The lowest BCUT2D eigenvalue weighted by atomic mass is 10.1. The van der Waals surface area contributed by atoms with E-state index in [0.717, 1.165) is 12.8 Å². The fourth-order valence-corrected chi connectivity index (χ4v) is 3.87. The monoisotopic (exact) mass is 414 g/mol. The van der Waals surface area contributed by atoms with Gasteiger partial charge in [0.15, 0.2) is 11.5 Å². The molecule has 0 aliphatic carbocycles. The summed E-state index contributed by atoms with van der Waals surface area (Å²) in [6, 6.07) is 4.68. The molecule has 2 rings (SSSR count). The Morgan fingerprint density at radius 1 is 1.18 bits per heavy atom. The standard InChI is InChI=1S/C19H30N2O6S/c1-15(9-11-25-2)21-19(22)6-4-3-5-10-20-28(23,24)16-7-8-17-18(14-16)27-13-12-26-17/h7-8,14-15,20H,3-6,9-13H2,1-2H3,(H,21,22). The molecule has 1 amide bonds. The van der Waals surface area contributed by atoms with Crippen LogP contribution in [0, 0.1) is 0 Å². The number of rotatable bonds is 12. The van der Waals surface area contributed by atoms with Crippen LogP contribution in [0.5, 0.6) is 11.5 Å². The topological polar surface area (TPSA) is 103 Å². The molecule has 0 spiro atoms. The highest BCUT2D eigenvalue weighted by Crippen LogP contribution is 2.32. The molecule has 0 saturated carbocycles. The highest BCUT2D eigenvalue weighted by atomic mass is 32.2. The van der Waals surface area contributed by atoms with Gasteiger partial charge in [0.1, 0.15) is 13.2 Å². The van der Waals surface area contributed by atoms with Gasteiger partial charge in [0.25, 0.3) is 0 Å². The molecule has 1 heterocycles. The van der Waals surface area contributed by atoms with Crippen molar-refractivity contribution in [3.63, 3.8) is 0 Å². The molecule has 8 nitrogen and oxygen atoms in total. The summed E-state index contributed by atoms with van der Waals surface area (Å²) in [5.74, 6) is 1.01. The van der Waals surface area contributed by atoms with Crippen LogP contribution in [0.2, 0.25) is 0 Å². The average Bonchev–Trinajstić information content (AvgIpc) is 2.68. The first-order chi connectivity index (χ1) is 13.4. The minimum absolute atomic E-state index is 0.0143. The van der Waals surface area contributed by atoms with Gasteiger partial charge in [-0.15, -0.1) is 0 Å². The number of methoxy groups -OCH3 is 1. The first-order valence-corrected chi connectivity index (χ1v) is 11.1. The molecule has 1 aliphatic rings. The first kappa shape index (κ1) is 22.4. The van der Waals surface area contributed by atoms with Crippen LogP contribution in [0.25, 0.3) is 0 Å². The average molecular weight is 415 g/mol. The molecule has 1 aromatic carbocycles. The summed E-state index contributed by atoms with van der Waals surface area (Å²) in [6.45, 7) is 3.75. The quantitative estimate of drug-likeness (QED) is 0.506. The van der Waals surface area contributed by atoms with Crippen molar-refractivity contribution in [1.29, 1.82) is 0 Å². The molecule has 2 N–H and O–H groups in total. The summed E-state index contributed by atoms with van der Waals surface area (Å²) in [5, 5.41) is 2.92. The molecular weight excluding hydrogens is 384 g/mol. The van der Waals surface area contributed by atoms with Gasteiger partial charge in [-0.3, -0.25) is 4.79 Å². The van der Waals surface area contributed by atoms with Gasteiger partial charge >= 0.3 is 0 Å². The van der Waals surface area contributed by atoms with Gasteiger partial charge in [0, 0.05) is 38.8 Å². The normalized spacial score (nSPS) is 14.5. The Balaban J connectivity index is 1.65. The van der Waals surface area contributed by atoms with Crippen molar-refractivity contribution in [2.45, 2.75) is 50.0 Å². The number of benzene rings is 1. The SMILES string of the molecule is COCCC(C)NC(=O)CCCCCNS(=O)(=O)c1ccc2c(c1)OCCO2. The predicted octanol–water partition coefficient (Wildman–Crippen LogP) is 1.84. The Morgan fingerprint density at radius 2 is 1.93 bits per heavy atom. The predicted molar refractivity (Wildman–Crippen MR) is 105 cm³/mol. The van der Waals surface area contributed by atoms with Gasteiger partial charge in [-0.05, 0) is 38.3 Å². The van der Waals surface area contributed by atoms with Crippen LogP contribution in [0.15, 0.2) is 23.1 Å². The molecule has 0 bridgehead atoms. The molecule has 28 heavy (non-hydrogen) atoms. The van der Waals surface area contributed by atoms with Crippen LogP contribution in [0.3, 0.4) is 0 Å². The number of fused-ring (bicyclic) bond motifs is 1. The second kappa shape index (κ2) is 11.2. The Kier molecular flexibility index (Phi) is 9.01. The van der Waals surface area contributed by atoms with E-state index in [0.29, 0.717) is 57.1 Å².